The first-order chi connectivity index (χ1) is 11.9. The quantitative estimate of drug-likeness (QED) is 0.831. The van der Waals surface area contributed by atoms with Crippen molar-refractivity contribution < 1.29 is 17.9 Å². The van der Waals surface area contributed by atoms with E-state index in [0.717, 1.165) is 29.2 Å². The Morgan fingerprint density at radius 1 is 1.36 bits per heavy atom. The fourth-order valence-corrected chi connectivity index (χ4v) is 4.36. The van der Waals surface area contributed by atoms with Gasteiger partial charge in [0.15, 0.2) is 0 Å². The molecule has 0 amide bonds. The molecular weight excluding hydrogens is 360 g/mol. The smallest absolute Gasteiger partial charge is 0.209 e. The van der Waals surface area contributed by atoms with E-state index in [1.54, 1.807) is 11.3 Å². The Bertz CT molecular complexity index is 802. The number of hydrogen-bond acceptors (Lipinski definition) is 6. The van der Waals surface area contributed by atoms with Gasteiger partial charge in [-0.1, -0.05) is 0 Å². The predicted octanol–water partition coefficient (Wildman–Crippen LogP) is 2.59. The van der Waals surface area contributed by atoms with Crippen molar-refractivity contribution in [3.8, 4) is 16.3 Å². The molecule has 8 heteroatoms. The van der Waals surface area contributed by atoms with Crippen LogP contribution in [0.5, 0.6) is 5.75 Å². The van der Waals surface area contributed by atoms with Crippen molar-refractivity contribution in [1.29, 1.82) is 0 Å². The molecule has 1 aromatic heterocycles. The summed E-state index contributed by atoms with van der Waals surface area (Å²) in [6.07, 6.45) is 4.33. The van der Waals surface area contributed by atoms with Gasteiger partial charge in [0.2, 0.25) is 10.0 Å². The molecule has 1 fully saturated rings. The number of nitrogens with one attached hydrogen (secondary N) is 1. The van der Waals surface area contributed by atoms with Gasteiger partial charge in [0, 0.05) is 23.2 Å². The van der Waals surface area contributed by atoms with Crippen molar-refractivity contribution in [3.63, 3.8) is 0 Å². The normalized spacial score (nSPS) is 21.2. The maximum absolute atomic E-state index is 11.5. The molecule has 25 heavy (non-hydrogen) atoms. The fourth-order valence-electron chi connectivity index (χ4n) is 2.77. The van der Waals surface area contributed by atoms with Gasteiger partial charge in [-0.2, -0.15) is 0 Å². The minimum atomic E-state index is -3.27. The topological polar surface area (TPSA) is 77.5 Å². The Labute approximate surface area is 152 Å². The molecule has 0 bridgehead atoms. The second-order valence-corrected chi connectivity index (χ2v) is 9.17. The SMILES string of the molecule is Cc1cnc(-c2ccc(OC[C@H]3OCCC[C@@H]3NS(C)(=O)=O)cc2)s1. The summed E-state index contributed by atoms with van der Waals surface area (Å²) >= 11 is 1.65. The number of hydrogen-bond donors (Lipinski definition) is 1. The van der Waals surface area contributed by atoms with Crippen LogP contribution in [0.15, 0.2) is 30.5 Å². The zero-order valence-corrected chi connectivity index (χ0v) is 15.9. The van der Waals surface area contributed by atoms with E-state index in [1.165, 1.54) is 11.1 Å². The van der Waals surface area contributed by atoms with Crippen LogP contribution in [0.3, 0.4) is 0 Å². The molecule has 136 valence electrons. The average molecular weight is 383 g/mol. The van der Waals surface area contributed by atoms with E-state index in [0.29, 0.717) is 13.2 Å². The van der Waals surface area contributed by atoms with Gasteiger partial charge in [-0.25, -0.2) is 18.1 Å². The van der Waals surface area contributed by atoms with Crippen LogP contribution < -0.4 is 9.46 Å². The molecule has 2 aromatic rings. The molecule has 0 saturated carbocycles. The van der Waals surface area contributed by atoms with Crippen molar-refractivity contribution in [3.05, 3.63) is 35.3 Å². The first-order valence-electron chi connectivity index (χ1n) is 8.15. The highest BCUT2D eigenvalue weighted by atomic mass is 32.2. The highest BCUT2D eigenvalue weighted by Crippen LogP contribution is 2.26. The summed E-state index contributed by atoms with van der Waals surface area (Å²) in [5, 5.41) is 0.983. The summed E-state index contributed by atoms with van der Waals surface area (Å²) in [6, 6.07) is 7.49. The summed E-state index contributed by atoms with van der Waals surface area (Å²) in [6.45, 7) is 2.96. The Morgan fingerprint density at radius 2 is 2.12 bits per heavy atom. The van der Waals surface area contributed by atoms with Crippen LogP contribution in [0.2, 0.25) is 0 Å². The molecule has 1 aliphatic heterocycles. The van der Waals surface area contributed by atoms with Gasteiger partial charge in [0.25, 0.3) is 0 Å². The number of benzene rings is 1. The number of nitrogens with zero attached hydrogens (tertiary/aromatic N) is 1. The lowest BCUT2D eigenvalue weighted by atomic mass is 10.0. The Kier molecular flexibility index (Phi) is 5.73. The van der Waals surface area contributed by atoms with Crippen LogP contribution in [-0.2, 0) is 14.8 Å². The molecule has 1 N–H and O–H groups in total. The summed E-state index contributed by atoms with van der Waals surface area (Å²) in [5.74, 6) is 0.726. The highest BCUT2D eigenvalue weighted by Gasteiger charge is 2.28. The van der Waals surface area contributed by atoms with Gasteiger partial charge in [0.1, 0.15) is 23.5 Å². The summed E-state index contributed by atoms with van der Waals surface area (Å²) in [4.78, 5) is 5.55. The summed E-state index contributed by atoms with van der Waals surface area (Å²) < 4.78 is 37.1. The minimum Gasteiger partial charge on any atom is -0.491 e. The van der Waals surface area contributed by atoms with Crippen LogP contribution in [0, 0.1) is 6.92 Å². The maximum Gasteiger partial charge on any atom is 0.209 e. The van der Waals surface area contributed by atoms with Crippen molar-refractivity contribution >= 4 is 21.4 Å². The Balaban J connectivity index is 1.60. The number of ether oxygens (including phenoxy) is 2. The molecule has 6 nitrogen and oxygen atoms in total. The standard InChI is InChI=1S/C17H22N2O4S2/c1-12-10-18-17(24-12)13-5-7-14(8-6-13)23-11-16-15(4-3-9-22-16)19-25(2,20)21/h5-8,10,15-16,19H,3-4,9,11H2,1-2H3/t15-,16+/m0/s1. The summed E-state index contributed by atoms with van der Waals surface area (Å²) in [5.41, 5.74) is 1.05. The lowest BCUT2D eigenvalue weighted by Gasteiger charge is -2.31. The van der Waals surface area contributed by atoms with Gasteiger partial charge in [0.05, 0.1) is 12.3 Å². The first kappa shape index (κ1) is 18.3. The fraction of sp³-hybridized carbons (Fsp3) is 0.471. The van der Waals surface area contributed by atoms with E-state index in [1.807, 2.05) is 37.4 Å². The lowest BCUT2D eigenvalue weighted by Crippen LogP contribution is -2.49. The first-order valence-corrected chi connectivity index (χ1v) is 10.9. The van der Waals surface area contributed by atoms with E-state index >= 15 is 0 Å². The van der Waals surface area contributed by atoms with Gasteiger partial charge in [-0.15, -0.1) is 11.3 Å². The zero-order valence-electron chi connectivity index (χ0n) is 14.3. The molecule has 0 radical (unpaired) electrons. The Hall–Kier alpha value is -1.48. The molecule has 2 heterocycles. The molecule has 2 atom stereocenters. The van der Waals surface area contributed by atoms with E-state index in [9.17, 15) is 8.42 Å². The van der Waals surface area contributed by atoms with Crippen LogP contribution >= 0.6 is 11.3 Å². The largest absolute Gasteiger partial charge is 0.491 e. The molecule has 0 aliphatic carbocycles. The number of aromatic nitrogens is 1. The van der Waals surface area contributed by atoms with Crippen molar-refractivity contribution in [2.75, 3.05) is 19.5 Å². The Morgan fingerprint density at radius 3 is 2.76 bits per heavy atom. The third-order valence-electron chi connectivity index (χ3n) is 3.94. The van der Waals surface area contributed by atoms with Crippen LogP contribution in [0.4, 0.5) is 0 Å². The third kappa shape index (κ3) is 5.24. The number of thiazole rings is 1. The van der Waals surface area contributed by atoms with E-state index < -0.39 is 10.0 Å². The summed E-state index contributed by atoms with van der Waals surface area (Å²) in [7, 11) is -3.27. The molecular formula is C17H22N2O4S2. The highest BCUT2D eigenvalue weighted by molar-refractivity contribution is 7.88. The second kappa shape index (κ2) is 7.82. The number of aryl methyl sites for hydroxylation is 1. The van der Waals surface area contributed by atoms with Crippen molar-refractivity contribution in [2.45, 2.75) is 31.9 Å². The number of rotatable bonds is 6. The van der Waals surface area contributed by atoms with E-state index in [2.05, 4.69) is 9.71 Å². The lowest BCUT2D eigenvalue weighted by molar-refractivity contribution is -0.0278. The molecule has 1 aliphatic rings. The minimum absolute atomic E-state index is 0.249. The molecule has 1 saturated heterocycles. The van der Waals surface area contributed by atoms with E-state index in [4.69, 9.17) is 9.47 Å². The van der Waals surface area contributed by atoms with Crippen LogP contribution in [0.1, 0.15) is 17.7 Å². The van der Waals surface area contributed by atoms with Gasteiger partial charge in [-0.05, 0) is 44.0 Å². The number of sulfonamides is 1. The molecule has 3 rings (SSSR count). The van der Waals surface area contributed by atoms with Crippen molar-refractivity contribution in [1.82, 2.24) is 9.71 Å². The molecule has 0 spiro atoms. The maximum atomic E-state index is 11.5. The third-order valence-corrected chi connectivity index (χ3v) is 5.64. The predicted molar refractivity (Wildman–Crippen MR) is 98.5 cm³/mol. The van der Waals surface area contributed by atoms with Gasteiger partial charge >= 0.3 is 0 Å². The second-order valence-electron chi connectivity index (χ2n) is 6.16. The average Bonchev–Trinajstić information content (AvgIpc) is 3.00. The van der Waals surface area contributed by atoms with Crippen molar-refractivity contribution in [2.24, 2.45) is 0 Å². The van der Waals surface area contributed by atoms with Crippen LogP contribution in [0.25, 0.3) is 10.6 Å². The molecule has 1 aromatic carbocycles. The van der Waals surface area contributed by atoms with Crippen LogP contribution in [-0.4, -0.2) is 45.0 Å². The van der Waals surface area contributed by atoms with Gasteiger partial charge < -0.3 is 9.47 Å². The monoisotopic (exact) mass is 382 g/mol. The molecule has 0 unspecified atom stereocenters. The zero-order chi connectivity index (χ0) is 17.9. The van der Waals surface area contributed by atoms with E-state index in [-0.39, 0.29) is 12.1 Å². The van der Waals surface area contributed by atoms with Gasteiger partial charge in [-0.3, -0.25) is 0 Å².